The fourth-order valence-electron chi connectivity index (χ4n) is 1.43. The normalized spacial score (nSPS) is 14.3. The van der Waals surface area contributed by atoms with Crippen molar-refractivity contribution in [3.63, 3.8) is 0 Å². The zero-order valence-electron chi connectivity index (χ0n) is 9.27. The van der Waals surface area contributed by atoms with Gasteiger partial charge in [-0.25, -0.2) is 4.39 Å². The summed E-state index contributed by atoms with van der Waals surface area (Å²) in [5.41, 5.74) is 4.18. The number of phenols is 2. The number of carbonyl (C=O) groups is 1. The lowest BCUT2D eigenvalue weighted by Crippen LogP contribution is -2.49. The Morgan fingerprint density at radius 1 is 1.41 bits per heavy atom. The van der Waals surface area contributed by atoms with E-state index in [9.17, 15) is 19.4 Å². The molecule has 1 aromatic carbocycles. The van der Waals surface area contributed by atoms with E-state index in [0.29, 0.717) is 0 Å². The minimum atomic E-state index is -1.55. The van der Waals surface area contributed by atoms with Crippen LogP contribution >= 0.6 is 0 Å². The third kappa shape index (κ3) is 2.47. The van der Waals surface area contributed by atoms with Crippen molar-refractivity contribution in [2.24, 2.45) is 5.73 Å². The Labute approximate surface area is 97.3 Å². The van der Waals surface area contributed by atoms with Gasteiger partial charge >= 0.3 is 5.97 Å². The maximum Gasteiger partial charge on any atom is 0.324 e. The molecule has 0 saturated carbocycles. The number of phenolic OH excluding ortho intramolecular Hbond substituents is 2. The van der Waals surface area contributed by atoms with E-state index in [-0.39, 0.29) is 18.4 Å². The number of aromatic hydroxyl groups is 2. The Hall–Kier alpha value is -1.82. The lowest BCUT2D eigenvalue weighted by Gasteiger charge is -2.23. The number of aliphatic carboxylic acids is 1. The quantitative estimate of drug-likeness (QED) is 0.590. The molecule has 0 aliphatic rings. The van der Waals surface area contributed by atoms with Crippen molar-refractivity contribution in [1.82, 2.24) is 0 Å². The first-order valence-electron chi connectivity index (χ1n) is 5.03. The van der Waals surface area contributed by atoms with Crippen LogP contribution in [0.15, 0.2) is 12.1 Å². The van der Waals surface area contributed by atoms with Crippen LogP contribution in [0.2, 0.25) is 0 Å². The van der Waals surface area contributed by atoms with Gasteiger partial charge in [-0.3, -0.25) is 4.79 Å². The molecule has 0 spiro atoms. The van der Waals surface area contributed by atoms with Crippen molar-refractivity contribution in [3.05, 3.63) is 23.5 Å². The molecule has 0 unspecified atom stereocenters. The van der Waals surface area contributed by atoms with Crippen LogP contribution in [0.4, 0.5) is 4.39 Å². The summed E-state index contributed by atoms with van der Waals surface area (Å²) in [6, 6.07) is 2.15. The van der Waals surface area contributed by atoms with E-state index in [4.69, 9.17) is 10.8 Å². The van der Waals surface area contributed by atoms with Gasteiger partial charge in [0, 0.05) is 12.0 Å². The van der Waals surface area contributed by atoms with Gasteiger partial charge in [0.05, 0.1) is 0 Å². The molecule has 1 aromatic rings. The Bertz CT molecular complexity index is 449. The molecule has 0 aromatic heterocycles. The average Bonchev–Trinajstić information content (AvgIpc) is 2.29. The number of halogens is 1. The first-order valence-corrected chi connectivity index (χ1v) is 5.03. The average molecular weight is 243 g/mol. The summed E-state index contributed by atoms with van der Waals surface area (Å²) in [6.45, 7) is 1.59. The minimum Gasteiger partial charge on any atom is -0.504 e. The van der Waals surface area contributed by atoms with Crippen molar-refractivity contribution in [3.8, 4) is 11.5 Å². The Balaban J connectivity index is 3.11. The lowest BCUT2D eigenvalue weighted by molar-refractivity contribution is -0.143. The molecule has 17 heavy (non-hydrogen) atoms. The SMILES string of the molecule is CC[C@@](N)(Cc1ccc(F)c(O)c1O)C(=O)O. The zero-order valence-corrected chi connectivity index (χ0v) is 9.27. The molecule has 6 heteroatoms. The van der Waals surface area contributed by atoms with E-state index in [1.165, 1.54) is 6.07 Å². The van der Waals surface area contributed by atoms with Crippen LogP contribution < -0.4 is 5.73 Å². The molecule has 0 radical (unpaired) electrons. The molecule has 94 valence electrons. The van der Waals surface area contributed by atoms with E-state index < -0.39 is 28.8 Å². The maximum absolute atomic E-state index is 12.9. The van der Waals surface area contributed by atoms with Crippen LogP contribution in [0.5, 0.6) is 11.5 Å². The molecule has 0 heterocycles. The highest BCUT2D eigenvalue weighted by molar-refractivity contribution is 5.79. The summed E-state index contributed by atoms with van der Waals surface area (Å²) in [4.78, 5) is 11.0. The van der Waals surface area contributed by atoms with Crippen LogP contribution in [0.1, 0.15) is 18.9 Å². The molecule has 5 nitrogen and oxygen atoms in total. The van der Waals surface area contributed by atoms with Crippen LogP contribution in [0.25, 0.3) is 0 Å². The van der Waals surface area contributed by atoms with Gasteiger partial charge in [-0.15, -0.1) is 0 Å². The molecule has 0 saturated heterocycles. The number of hydrogen-bond donors (Lipinski definition) is 4. The van der Waals surface area contributed by atoms with Crippen LogP contribution in [0.3, 0.4) is 0 Å². The number of carboxylic acids is 1. The number of rotatable bonds is 4. The zero-order chi connectivity index (χ0) is 13.2. The number of benzene rings is 1. The van der Waals surface area contributed by atoms with Crippen molar-refractivity contribution in [2.45, 2.75) is 25.3 Å². The van der Waals surface area contributed by atoms with E-state index >= 15 is 0 Å². The van der Waals surface area contributed by atoms with Crippen LogP contribution in [-0.2, 0) is 11.2 Å². The molecule has 0 amide bonds. The van der Waals surface area contributed by atoms with Gasteiger partial charge in [-0.1, -0.05) is 13.0 Å². The summed E-state index contributed by atoms with van der Waals surface area (Å²) in [6.07, 6.45) is -0.0571. The van der Waals surface area contributed by atoms with E-state index in [1.54, 1.807) is 6.92 Å². The van der Waals surface area contributed by atoms with Gasteiger partial charge in [0.15, 0.2) is 17.3 Å². The molecule has 0 aliphatic heterocycles. The lowest BCUT2D eigenvalue weighted by atomic mass is 9.89. The first kappa shape index (κ1) is 13.2. The van der Waals surface area contributed by atoms with Crippen molar-refractivity contribution in [1.29, 1.82) is 0 Å². The van der Waals surface area contributed by atoms with Crippen LogP contribution in [0, 0.1) is 5.82 Å². The van der Waals surface area contributed by atoms with Gasteiger partial charge in [-0.2, -0.15) is 0 Å². The Morgan fingerprint density at radius 3 is 2.47 bits per heavy atom. The van der Waals surface area contributed by atoms with Crippen molar-refractivity contribution >= 4 is 5.97 Å². The molecule has 5 N–H and O–H groups in total. The van der Waals surface area contributed by atoms with E-state index in [2.05, 4.69) is 0 Å². The van der Waals surface area contributed by atoms with Gasteiger partial charge in [0.1, 0.15) is 5.54 Å². The van der Waals surface area contributed by atoms with Gasteiger partial charge in [0.2, 0.25) is 0 Å². The molecule has 1 rings (SSSR count). The second-order valence-corrected chi connectivity index (χ2v) is 3.90. The summed E-state index contributed by atoms with van der Waals surface area (Å²) in [7, 11) is 0. The largest absolute Gasteiger partial charge is 0.504 e. The third-order valence-corrected chi connectivity index (χ3v) is 2.75. The first-order chi connectivity index (χ1) is 7.81. The predicted molar refractivity (Wildman–Crippen MR) is 58.3 cm³/mol. The van der Waals surface area contributed by atoms with Crippen molar-refractivity contribution < 1.29 is 24.5 Å². The monoisotopic (exact) mass is 243 g/mol. The van der Waals surface area contributed by atoms with Gasteiger partial charge in [0.25, 0.3) is 0 Å². The maximum atomic E-state index is 12.9. The second-order valence-electron chi connectivity index (χ2n) is 3.90. The van der Waals surface area contributed by atoms with Crippen LogP contribution in [-0.4, -0.2) is 26.8 Å². The third-order valence-electron chi connectivity index (χ3n) is 2.75. The summed E-state index contributed by atoms with van der Waals surface area (Å²) in [5, 5.41) is 27.6. The Morgan fingerprint density at radius 2 is 2.00 bits per heavy atom. The predicted octanol–water partition coefficient (Wildman–Crippen LogP) is 0.972. The highest BCUT2D eigenvalue weighted by Gasteiger charge is 2.33. The highest BCUT2D eigenvalue weighted by Crippen LogP contribution is 2.33. The smallest absolute Gasteiger partial charge is 0.324 e. The Kier molecular flexibility index (Phi) is 3.57. The molecular weight excluding hydrogens is 229 g/mol. The van der Waals surface area contributed by atoms with E-state index in [1.807, 2.05) is 0 Å². The summed E-state index contributed by atoms with van der Waals surface area (Å²) < 4.78 is 12.9. The molecule has 0 fully saturated rings. The number of hydrogen-bond acceptors (Lipinski definition) is 4. The molecule has 0 bridgehead atoms. The molecular formula is C11H14FNO4. The second kappa shape index (κ2) is 4.58. The van der Waals surface area contributed by atoms with Gasteiger partial charge < -0.3 is 21.1 Å². The summed E-state index contributed by atoms with van der Waals surface area (Å²) in [5.74, 6) is -3.76. The van der Waals surface area contributed by atoms with Crippen molar-refractivity contribution in [2.75, 3.05) is 0 Å². The minimum absolute atomic E-state index is 0.0932. The fraction of sp³-hybridized carbons (Fsp3) is 0.364. The number of nitrogens with two attached hydrogens (primary N) is 1. The standard InChI is InChI=1S/C11H14FNO4/c1-2-11(13,10(16)17)5-6-3-4-7(12)9(15)8(6)14/h3-4,14-15H,2,5,13H2,1H3,(H,16,17)/t11-/m1/s1. The number of carboxylic acid groups (broad SMARTS) is 1. The molecule has 1 atom stereocenters. The summed E-state index contributed by atoms with van der Waals surface area (Å²) >= 11 is 0. The highest BCUT2D eigenvalue weighted by atomic mass is 19.1. The fourth-order valence-corrected chi connectivity index (χ4v) is 1.43. The van der Waals surface area contributed by atoms with Gasteiger partial charge in [-0.05, 0) is 12.5 Å². The topological polar surface area (TPSA) is 104 Å². The molecule has 0 aliphatic carbocycles. The van der Waals surface area contributed by atoms with E-state index in [0.717, 1.165) is 6.07 Å².